The number of hydroxylamine groups is 1. The first-order valence-electron chi connectivity index (χ1n) is 3.45. The fourth-order valence-electron chi connectivity index (χ4n) is 0.942. The van der Waals surface area contributed by atoms with Crippen LogP contribution in [0.3, 0.4) is 0 Å². The van der Waals surface area contributed by atoms with E-state index in [0.717, 1.165) is 0 Å². The third kappa shape index (κ3) is 2.48. The fourth-order valence-corrected chi connectivity index (χ4v) is 1.29. The van der Waals surface area contributed by atoms with Crippen molar-refractivity contribution < 1.29 is 10.1 Å². The van der Waals surface area contributed by atoms with E-state index in [2.05, 4.69) is 15.9 Å². The van der Waals surface area contributed by atoms with E-state index in [1.165, 1.54) is 6.07 Å². The summed E-state index contributed by atoms with van der Waals surface area (Å²) < 4.78 is 0.640. The van der Waals surface area contributed by atoms with Crippen LogP contribution in [0, 0.1) is 10.1 Å². The zero-order valence-corrected chi connectivity index (χ0v) is 8.11. The zero-order chi connectivity index (χ0) is 9.84. The Bertz CT molecular complexity index is 330. The van der Waals surface area contributed by atoms with Gasteiger partial charge in [0.05, 0.1) is 11.5 Å². The largest absolute Gasteiger partial charge is 0.316 e. The van der Waals surface area contributed by atoms with Gasteiger partial charge in [-0.1, -0.05) is 15.9 Å². The van der Waals surface area contributed by atoms with Gasteiger partial charge in [-0.25, -0.2) is 5.48 Å². The van der Waals surface area contributed by atoms with Crippen molar-refractivity contribution in [2.24, 2.45) is 0 Å². The number of nitrogens with zero attached hydrogens (tertiary/aromatic N) is 1. The lowest BCUT2D eigenvalue weighted by molar-refractivity contribution is -0.385. The highest BCUT2D eigenvalue weighted by molar-refractivity contribution is 9.10. The van der Waals surface area contributed by atoms with Gasteiger partial charge < -0.3 is 5.21 Å². The number of nitro groups is 1. The van der Waals surface area contributed by atoms with E-state index >= 15 is 0 Å². The normalized spacial score (nSPS) is 10.0. The summed E-state index contributed by atoms with van der Waals surface area (Å²) in [5, 5.41) is 18.9. The first-order valence-corrected chi connectivity index (χ1v) is 4.24. The molecule has 0 heterocycles. The molecule has 0 aromatic heterocycles. The van der Waals surface area contributed by atoms with Gasteiger partial charge in [-0.3, -0.25) is 10.1 Å². The Balaban J connectivity index is 3.10. The van der Waals surface area contributed by atoms with Crippen molar-refractivity contribution in [1.82, 2.24) is 5.48 Å². The predicted molar refractivity (Wildman–Crippen MR) is 49.4 cm³/mol. The Kier molecular flexibility index (Phi) is 3.35. The first kappa shape index (κ1) is 10.1. The summed E-state index contributed by atoms with van der Waals surface area (Å²) in [5.74, 6) is 0. The van der Waals surface area contributed by atoms with Gasteiger partial charge in [0.2, 0.25) is 0 Å². The molecular weight excluding hydrogens is 240 g/mol. The lowest BCUT2D eigenvalue weighted by atomic mass is 10.2. The fraction of sp³-hybridized carbons (Fsp3) is 0.143. The molecule has 1 aromatic carbocycles. The maximum absolute atomic E-state index is 10.5. The van der Waals surface area contributed by atoms with Crippen LogP contribution < -0.4 is 5.48 Å². The summed E-state index contributed by atoms with van der Waals surface area (Å²) in [6.07, 6.45) is 0. The van der Waals surface area contributed by atoms with Gasteiger partial charge >= 0.3 is 0 Å². The van der Waals surface area contributed by atoms with Crippen LogP contribution in [0.25, 0.3) is 0 Å². The number of nitro benzene ring substituents is 1. The molecule has 0 bridgehead atoms. The molecule has 0 aliphatic carbocycles. The summed E-state index contributed by atoms with van der Waals surface area (Å²) in [4.78, 5) is 10.0. The van der Waals surface area contributed by atoms with Crippen molar-refractivity contribution in [3.05, 3.63) is 38.3 Å². The number of rotatable bonds is 3. The van der Waals surface area contributed by atoms with E-state index in [1.54, 1.807) is 12.1 Å². The number of halogens is 1. The van der Waals surface area contributed by atoms with E-state index in [-0.39, 0.29) is 12.2 Å². The molecule has 6 heteroatoms. The van der Waals surface area contributed by atoms with Gasteiger partial charge in [-0.2, -0.15) is 0 Å². The highest BCUT2D eigenvalue weighted by Gasteiger charge is 2.12. The van der Waals surface area contributed by atoms with Crippen molar-refractivity contribution in [2.75, 3.05) is 0 Å². The third-order valence-electron chi connectivity index (χ3n) is 1.51. The second-order valence-electron chi connectivity index (χ2n) is 2.37. The highest BCUT2D eigenvalue weighted by Crippen LogP contribution is 2.23. The van der Waals surface area contributed by atoms with E-state index in [0.29, 0.717) is 10.0 Å². The summed E-state index contributed by atoms with van der Waals surface area (Å²) in [6.45, 7) is 0.0591. The molecule has 13 heavy (non-hydrogen) atoms. The van der Waals surface area contributed by atoms with Gasteiger partial charge in [0.15, 0.2) is 0 Å². The SMILES string of the molecule is O=[N+]([O-])c1cc(Br)ccc1CNO. The molecule has 0 atom stereocenters. The number of benzene rings is 1. The molecule has 0 radical (unpaired) electrons. The van der Waals surface area contributed by atoms with Crippen LogP contribution in [0.2, 0.25) is 0 Å². The van der Waals surface area contributed by atoms with Gasteiger partial charge in [-0.15, -0.1) is 0 Å². The van der Waals surface area contributed by atoms with Crippen LogP contribution in [0.4, 0.5) is 5.69 Å². The Hall–Kier alpha value is -0.980. The molecule has 0 aliphatic heterocycles. The molecule has 0 saturated heterocycles. The van der Waals surface area contributed by atoms with E-state index in [4.69, 9.17) is 5.21 Å². The van der Waals surface area contributed by atoms with Crippen LogP contribution in [-0.4, -0.2) is 10.1 Å². The molecule has 0 fully saturated rings. The second-order valence-corrected chi connectivity index (χ2v) is 3.28. The topological polar surface area (TPSA) is 75.4 Å². The average Bonchev–Trinajstić information content (AvgIpc) is 2.08. The highest BCUT2D eigenvalue weighted by atomic mass is 79.9. The van der Waals surface area contributed by atoms with Gasteiger partial charge in [0.1, 0.15) is 0 Å². The van der Waals surface area contributed by atoms with Crippen molar-refractivity contribution in [1.29, 1.82) is 0 Å². The van der Waals surface area contributed by atoms with Gasteiger partial charge in [0.25, 0.3) is 5.69 Å². The molecule has 5 nitrogen and oxygen atoms in total. The maximum atomic E-state index is 10.5. The lowest BCUT2D eigenvalue weighted by Crippen LogP contribution is -2.08. The Labute approximate surface area is 82.6 Å². The van der Waals surface area contributed by atoms with Crippen molar-refractivity contribution in [2.45, 2.75) is 6.54 Å². The molecule has 1 aromatic rings. The molecular formula is C7H7BrN2O3. The molecule has 0 aliphatic rings. The maximum Gasteiger partial charge on any atom is 0.275 e. The summed E-state index contributed by atoms with van der Waals surface area (Å²) >= 11 is 3.13. The molecule has 0 spiro atoms. The molecule has 1 rings (SSSR count). The van der Waals surface area contributed by atoms with Crippen LogP contribution in [0.15, 0.2) is 22.7 Å². The summed E-state index contributed by atoms with van der Waals surface area (Å²) in [5.41, 5.74) is 2.30. The van der Waals surface area contributed by atoms with E-state index in [1.807, 2.05) is 5.48 Å². The van der Waals surface area contributed by atoms with Crippen molar-refractivity contribution in [3.8, 4) is 0 Å². The standard InChI is InChI=1S/C7H7BrN2O3/c8-6-2-1-5(4-9-11)7(3-6)10(12)13/h1-3,9,11H,4H2. The smallest absolute Gasteiger partial charge is 0.275 e. The quantitative estimate of drug-likeness (QED) is 0.631. The van der Waals surface area contributed by atoms with Gasteiger partial charge in [0, 0.05) is 16.1 Å². The van der Waals surface area contributed by atoms with E-state index < -0.39 is 4.92 Å². The Morgan fingerprint density at radius 1 is 1.62 bits per heavy atom. The molecule has 0 unspecified atom stereocenters. The number of hydrogen-bond donors (Lipinski definition) is 2. The molecule has 0 amide bonds. The lowest BCUT2D eigenvalue weighted by Gasteiger charge is -2.01. The number of nitrogens with one attached hydrogen (secondary N) is 1. The molecule has 2 N–H and O–H groups in total. The minimum Gasteiger partial charge on any atom is -0.316 e. The minimum absolute atomic E-state index is 0.0177. The average molecular weight is 247 g/mol. The summed E-state index contributed by atoms with van der Waals surface area (Å²) in [6, 6.07) is 4.65. The Morgan fingerprint density at radius 3 is 2.85 bits per heavy atom. The van der Waals surface area contributed by atoms with Crippen LogP contribution in [0.5, 0.6) is 0 Å². The van der Waals surface area contributed by atoms with Crippen LogP contribution in [-0.2, 0) is 6.54 Å². The van der Waals surface area contributed by atoms with E-state index in [9.17, 15) is 10.1 Å². The summed E-state index contributed by atoms with van der Waals surface area (Å²) in [7, 11) is 0. The predicted octanol–water partition coefficient (Wildman–Crippen LogP) is 1.84. The second kappa shape index (κ2) is 4.31. The molecule has 70 valence electrons. The van der Waals surface area contributed by atoms with Crippen molar-refractivity contribution in [3.63, 3.8) is 0 Å². The third-order valence-corrected chi connectivity index (χ3v) is 2.01. The monoisotopic (exact) mass is 246 g/mol. The molecule has 0 saturated carbocycles. The minimum atomic E-state index is -0.489. The van der Waals surface area contributed by atoms with Crippen LogP contribution >= 0.6 is 15.9 Å². The zero-order valence-electron chi connectivity index (χ0n) is 6.53. The number of hydrogen-bond acceptors (Lipinski definition) is 4. The first-order chi connectivity index (χ1) is 6.15. The van der Waals surface area contributed by atoms with Crippen LogP contribution in [0.1, 0.15) is 5.56 Å². The Morgan fingerprint density at radius 2 is 2.31 bits per heavy atom. The van der Waals surface area contributed by atoms with Gasteiger partial charge in [-0.05, 0) is 12.1 Å². The van der Waals surface area contributed by atoms with Crippen molar-refractivity contribution >= 4 is 21.6 Å².